The predicted octanol–water partition coefficient (Wildman–Crippen LogP) is 1.95. The smallest absolute Gasteiger partial charge is 0.217 e. The lowest BCUT2D eigenvalue weighted by Crippen LogP contribution is -2.47. The number of amides is 1. The normalized spacial score (nSPS) is 28.4. The summed E-state index contributed by atoms with van der Waals surface area (Å²) in [6.07, 6.45) is 4.88. The Morgan fingerprint density at radius 3 is 2.10 bits per heavy atom. The summed E-state index contributed by atoms with van der Waals surface area (Å²) >= 11 is 0. The first-order valence-electron chi connectivity index (χ1n) is 8.31. The van der Waals surface area contributed by atoms with Gasteiger partial charge in [-0.1, -0.05) is 13.8 Å². The topological polar surface area (TPSA) is 35.6 Å². The molecule has 118 valence electrons. The molecule has 1 N–H and O–H groups in total. The second-order valence-electron chi connectivity index (χ2n) is 6.02. The number of hydrogen-bond acceptors (Lipinski definition) is 3. The first kappa shape index (κ1) is 17.4. The van der Waals surface area contributed by atoms with Crippen LogP contribution in [0.4, 0.5) is 0 Å². The minimum Gasteiger partial charge on any atom is -0.354 e. The van der Waals surface area contributed by atoms with Gasteiger partial charge in [-0.3, -0.25) is 4.79 Å². The Bertz CT molecular complexity index is 267. The van der Waals surface area contributed by atoms with E-state index in [2.05, 4.69) is 22.2 Å². The van der Waals surface area contributed by atoms with Crippen molar-refractivity contribution >= 4 is 5.91 Å². The highest BCUT2D eigenvalue weighted by molar-refractivity contribution is 5.73. The van der Waals surface area contributed by atoms with Crippen LogP contribution in [0.5, 0.6) is 0 Å². The third-order valence-corrected chi connectivity index (χ3v) is 4.37. The van der Waals surface area contributed by atoms with Gasteiger partial charge in [0.2, 0.25) is 5.91 Å². The van der Waals surface area contributed by atoms with Crippen molar-refractivity contribution in [3.8, 4) is 0 Å². The first-order valence-corrected chi connectivity index (χ1v) is 8.31. The summed E-state index contributed by atoms with van der Waals surface area (Å²) in [6.45, 7) is 11.8. The van der Waals surface area contributed by atoms with Gasteiger partial charge in [0.05, 0.1) is 0 Å². The number of carbonyl (C=O) groups excluding carboxylic acids is 1. The van der Waals surface area contributed by atoms with Gasteiger partial charge in [-0.15, -0.1) is 0 Å². The Balaban J connectivity index is 0.000000956. The SMILES string of the molecule is CC.CC(=O)NC1CCC(CN2CCN(C)CC2)CC1. The molecule has 1 aliphatic heterocycles. The molecule has 0 atom stereocenters. The van der Waals surface area contributed by atoms with Crippen molar-refractivity contribution < 1.29 is 4.79 Å². The van der Waals surface area contributed by atoms with Crippen LogP contribution in [0.2, 0.25) is 0 Å². The van der Waals surface area contributed by atoms with Crippen molar-refractivity contribution in [2.45, 2.75) is 52.5 Å². The maximum absolute atomic E-state index is 11.0. The quantitative estimate of drug-likeness (QED) is 0.860. The van der Waals surface area contributed by atoms with Gasteiger partial charge >= 0.3 is 0 Å². The van der Waals surface area contributed by atoms with Gasteiger partial charge in [0, 0.05) is 45.7 Å². The number of rotatable bonds is 3. The summed E-state index contributed by atoms with van der Waals surface area (Å²) < 4.78 is 0. The van der Waals surface area contributed by atoms with Crippen molar-refractivity contribution in [3.05, 3.63) is 0 Å². The minimum atomic E-state index is 0.123. The number of nitrogens with zero attached hydrogens (tertiary/aromatic N) is 2. The van der Waals surface area contributed by atoms with Crippen LogP contribution in [0.1, 0.15) is 46.5 Å². The summed E-state index contributed by atoms with van der Waals surface area (Å²) in [6, 6.07) is 0.436. The molecule has 0 spiro atoms. The molecule has 1 aliphatic carbocycles. The average Bonchev–Trinajstić information content (AvgIpc) is 2.45. The summed E-state index contributed by atoms with van der Waals surface area (Å²) in [4.78, 5) is 16.0. The predicted molar refractivity (Wildman–Crippen MR) is 84.8 cm³/mol. The Hall–Kier alpha value is -0.610. The largest absolute Gasteiger partial charge is 0.354 e. The minimum absolute atomic E-state index is 0.123. The van der Waals surface area contributed by atoms with Crippen molar-refractivity contribution in [1.29, 1.82) is 0 Å². The van der Waals surface area contributed by atoms with Crippen LogP contribution in [0.15, 0.2) is 0 Å². The fourth-order valence-electron chi connectivity index (χ4n) is 3.17. The van der Waals surface area contributed by atoms with Gasteiger partial charge < -0.3 is 15.1 Å². The van der Waals surface area contributed by atoms with Crippen LogP contribution in [-0.4, -0.2) is 61.5 Å². The fourth-order valence-corrected chi connectivity index (χ4v) is 3.17. The Kier molecular flexibility index (Phi) is 8.15. The van der Waals surface area contributed by atoms with Crippen LogP contribution in [0.25, 0.3) is 0 Å². The zero-order chi connectivity index (χ0) is 15.0. The van der Waals surface area contributed by atoms with E-state index < -0.39 is 0 Å². The van der Waals surface area contributed by atoms with E-state index in [0.29, 0.717) is 6.04 Å². The van der Waals surface area contributed by atoms with Gasteiger partial charge in [-0.2, -0.15) is 0 Å². The molecular formula is C16H33N3O. The number of carbonyl (C=O) groups is 1. The molecule has 0 unspecified atom stereocenters. The number of hydrogen-bond donors (Lipinski definition) is 1. The molecule has 1 heterocycles. The highest BCUT2D eigenvalue weighted by atomic mass is 16.1. The van der Waals surface area contributed by atoms with E-state index in [9.17, 15) is 4.79 Å². The van der Waals surface area contributed by atoms with Gasteiger partial charge in [0.15, 0.2) is 0 Å². The standard InChI is InChI=1S/C14H27N3O.C2H6/c1-12(18)15-14-5-3-13(4-6-14)11-17-9-7-16(2)8-10-17;1-2/h13-14H,3-11H2,1-2H3,(H,15,18);1-2H3. The second kappa shape index (κ2) is 9.35. The third-order valence-electron chi connectivity index (χ3n) is 4.37. The summed E-state index contributed by atoms with van der Waals surface area (Å²) in [5.41, 5.74) is 0. The van der Waals surface area contributed by atoms with Gasteiger partial charge in [-0.05, 0) is 38.6 Å². The number of piperazine rings is 1. The molecule has 0 aromatic heterocycles. The molecule has 20 heavy (non-hydrogen) atoms. The van der Waals surface area contributed by atoms with Crippen LogP contribution >= 0.6 is 0 Å². The van der Waals surface area contributed by atoms with Crippen molar-refractivity contribution in [3.63, 3.8) is 0 Å². The Morgan fingerprint density at radius 1 is 1.05 bits per heavy atom. The lowest BCUT2D eigenvalue weighted by Gasteiger charge is -2.37. The van der Waals surface area contributed by atoms with E-state index in [1.807, 2.05) is 13.8 Å². The molecule has 0 aromatic carbocycles. The second-order valence-corrected chi connectivity index (χ2v) is 6.02. The molecule has 0 aromatic rings. The van der Waals surface area contributed by atoms with Crippen LogP contribution < -0.4 is 5.32 Å². The molecule has 4 nitrogen and oxygen atoms in total. The van der Waals surface area contributed by atoms with Crippen molar-refractivity contribution in [2.24, 2.45) is 5.92 Å². The average molecular weight is 283 g/mol. The molecule has 4 heteroatoms. The lowest BCUT2D eigenvalue weighted by atomic mass is 9.85. The monoisotopic (exact) mass is 283 g/mol. The van der Waals surface area contributed by atoms with Gasteiger partial charge in [0.25, 0.3) is 0 Å². The fraction of sp³-hybridized carbons (Fsp3) is 0.938. The Labute approximate surface area is 124 Å². The molecule has 1 saturated heterocycles. The van der Waals surface area contributed by atoms with E-state index in [-0.39, 0.29) is 5.91 Å². The van der Waals surface area contributed by atoms with E-state index in [1.54, 1.807) is 6.92 Å². The summed E-state index contributed by atoms with van der Waals surface area (Å²) in [7, 11) is 2.20. The molecule has 2 fully saturated rings. The third kappa shape index (κ3) is 6.23. The maximum atomic E-state index is 11.0. The lowest BCUT2D eigenvalue weighted by molar-refractivity contribution is -0.119. The van der Waals surface area contributed by atoms with Crippen molar-refractivity contribution in [1.82, 2.24) is 15.1 Å². The molecule has 2 aliphatic rings. The molecular weight excluding hydrogens is 250 g/mol. The Morgan fingerprint density at radius 2 is 1.60 bits per heavy atom. The molecule has 0 bridgehead atoms. The zero-order valence-electron chi connectivity index (χ0n) is 13.8. The first-order chi connectivity index (χ1) is 9.63. The highest BCUT2D eigenvalue weighted by Crippen LogP contribution is 2.25. The molecule has 0 radical (unpaired) electrons. The molecule has 1 amide bonds. The maximum Gasteiger partial charge on any atom is 0.217 e. The van der Waals surface area contributed by atoms with E-state index in [0.717, 1.165) is 18.8 Å². The van der Waals surface area contributed by atoms with Crippen LogP contribution in [0.3, 0.4) is 0 Å². The summed E-state index contributed by atoms with van der Waals surface area (Å²) in [5.74, 6) is 0.968. The molecule has 1 saturated carbocycles. The summed E-state index contributed by atoms with van der Waals surface area (Å²) in [5, 5.41) is 3.05. The highest BCUT2D eigenvalue weighted by Gasteiger charge is 2.24. The number of likely N-dealkylation sites (N-methyl/N-ethyl adjacent to an activating group) is 1. The molecule has 2 rings (SSSR count). The van der Waals surface area contributed by atoms with Crippen LogP contribution in [0, 0.1) is 5.92 Å². The zero-order valence-corrected chi connectivity index (χ0v) is 13.8. The van der Waals surface area contributed by atoms with Gasteiger partial charge in [-0.25, -0.2) is 0 Å². The van der Waals surface area contributed by atoms with Crippen molar-refractivity contribution in [2.75, 3.05) is 39.8 Å². The number of nitrogens with one attached hydrogen (secondary N) is 1. The van der Waals surface area contributed by atoms with Crippen LogP contribution in [-0.2, 0) is 4.79 Å². The van der Waals surface area contributed by atoms with E-state index in [4.69, 9.17) is 0 Å². The van der Waals surface area contributed by atoms with E-state index in [1.165, 1.54) is 45.6 Å². The van der Waals surface area contributed by atoms with E-state index >= 15 is 0 Å². The van der Waals surface area contributed by atoms with Gasteiger partial charge in [0.1, 0.15) is 0 Å².